The normalized spacial score (nSPS) is 20.0. The highest BCUT2D eigenvalue weighted by atomic mass is 32.1. The molecule has 0 radical (unpaired) electrons. The lowest BCUT2D eigenvalue weighted by Crippen LogP contribution is -2.41. The predicted octanol–water partition coefficient (Wildman–Crippen LogP) is 0.607. The van der Waals surface area contributed by atoms with Gasteiger partial charge in [-0.1, -0.05) is 4.49 Å². The fraction of sp³-hybridized carbons (Fsp3) is 0.500. The van der Waals surface area contributed by atoms with Crippen LogP contribution in [-0.2, 0) is 0 Å². The lowest BCUT2D eigenvalue weighted by Gasteiger charge is -2.32. The lowest BCUT2D eigenvalue weighted by atomic mass is 10.1. The summed E-state index contributed by atoms with van der Waals surface area (Å²) in [6, 6.07) is 0.205. The van der Waals surface area contributed by atoms with Crippen LogP contribution in [0.2, 0.25) is 0 Å². The van der Waals surface area contributed by atoms with Gasteiger partial charge in [-0.15, -0.1) is 5.10 Å². The second-order valence-corrected chi connectivity index (χ2v) is 4.82. The van der Waals surface area contributed by atoms with Gasteiger partial charge in [-0.3, -0.25) is 4.79 Å². The number of carbonyl (C=O) groups excluding carboxylic acids is 1. The van der Waals surface area contributed by atoms with Gasteiger partial charge in [0.25, 0.3) is 5.91 Å². The van der Waals surface area contributed by atoms with E-state index < -0.39 is 0 Å². The van der Waals surface area contributed by atoms with Crippen molar-refractivity contribution in [1.82, 2.24) is 29.3 Å². The molecule has 2 aromatic rings. The summed E-state index contributed by atoms with van der Waals surface area (Å²) in [6.07, 6.45) is 5.20. The molecule has 1 fully saturated rings. The number of carbonyl (C=O) groups is 1. The Morgan fingerprint density at radius 1 is 1.50 bits per heavy atom. The average molecular weight is 264 g/mol. The molecule has 1 amide bonds. The van der Waals surface area contributed by atoms with Gasteiger partial charge in [-0.2, -0.15) is 5.10 Å². The molecular weight excluding hydrogens is 252 g/mol. The number of hydrogen-bond donors (Lipinski definition) is 0. The molecule has 0 aliphatic carbocycles. The summed E-state index contributed by atoms with van der Waals surface area (Å²) in [7, 11) is 0. The van der Waals surface area contributed by atoms with E-state index in [-0.39, 0.29) is 11.9 Å². The molecule has 7 nitrogen and oxygen atoms in total. The van der Waals surface area contributed by atoms with E-state index in [1.165, 1.54) is 17.9 Å². The second kappa shape index (κ2) is 4.81. The van der Waals surface area contributed by atoms with Crippen molar-refractivity contribution in [3.63, 3.8) is 0 Å². The van der Waals surface area contributed by atoms with Gasteiger partial charge in [0, 0.05) is 18.5 Å². The van der Waals surface area contributed by atoms with Crippen molar-refractivity contribution in [3.8, 4) is 0 Å². The average Bonchev–Trinajstić information content (AvgIpc) is 3.11. The number of piperidine rings is 1. The summed E-state index contributed by atoms with van der Waals surface area (Å²) in [5.41, 5.74) is 0.430. The van der Waals surface area contributed by atoms with Crippen LogP contribution >= 0.6 is 11.5 Å². The molecule has 1 aliphatic heterocycles. The van der Waals surface area contributed by atoms with Gasteiger partial charge in [0.15, 0.2) is 5.69 Å². The molecule has 8 heteroatoms. The van der Waals surface area contributed by atoms with Crippen LogP contribution in [0, 0.1) is 0 Å². The van der Waals surface area contributed by atoms with Crippen molar-refractivity contribution in [3.05, 3.63) is 23.7 Å². The number of amides is 1. The smallest absolute Gasteiger partial charge is 0.275 e. The molecule has 1 aliphatic rings. The van der Waals surface area contributed by atoms with Crippen molar-refractivity contribution in [1.29, 1.82) is 0 Å². The Morgan fingerprint density at radius 2 is 2.44 bits per heavy atom. The van der Waals surface area contributed by atoms with E-state index in [0.29, 0.717) is 12.2 Å². The zero-order chi connectivity index (χ0) is 12.4. The molecule has 2 aromatic heterocycles. The van der Waals surface area contributed by atoms with E-state index in [4.69, 9.17) is 0 Å². The highest BCUT2D eigenvalue weighted by Gasteiger charge is 2.26. The molecule has 1 atom stereocenters. The van der Waals surface area contributed by atoms with E-state index in [2.05, 4.69) is 19.7 Å². The third kappa shape index (κ3) is 2.10. The molecule has 0 spiro atoms. The number of rotatable bonds is 2. The topological polar surface area (TPSA) is 76.8 Å². The van der Waals surface area contributed by atoms with Gasteiger partial charge in [-0.05, 0) is 24.4 Å². The molecular formula is C10H12N6OS. The van der Waals surface area contributed by atoms with Crippen LogP contribution < -0.4 is 0 Å². The quantitative estimate of drug-likeness (QED) is 0.794. The summed E-state index contributed by atoms with van der Waals surface area (Å²) < 4.78 is 5.54. The molecule has 0 bridgehead atoms. The zero-order valence-electron chi connectivity index (χ0n) is 9.64. The minimum Gasteiger partial charge on any atom is -0.335 e. The Balaban J connectivity index is 1.73. The number of nitrogens with zero attached hydrogens (tertiary/aromatic N) is 6. The maximum atomic E-state index is 12.2. The molecule has 0 saturated carbocycles. The van der Waals surface area contributed by atoms with E-state index in [9.17, 15) is 4.79 Å². The highest BCUT2D eigenvalue weighted by molar-refractivity contribution is 7.03. The van der Waals surface area contributed by atoms with E-state index >= 15 is 0 Å². The van der Waals surface area contributed by atoms with Gasteiger partial charge in [-0.25, -0.2) is 9.67 Å². The fourth-order valence-electron chi connectivity index (χ4n) is 2.18. The Kier molecular flexibility index (Phi) is 3.01. The van der Waals surface area contributed by atoms with Crippen LogP contribution in [0.5, 0.6) is 0 Å². The van der Waals surface area contributed by atoms with Crippen LogP contribution in [0.4, 0.5) is 0 Å². The monoisotopic (exact) mass is 264 g/mol. The number of hydrogen-bond acceptors (Lipinski definition) is 6. The van der Waals surface area contributed by atoms with E-state index in [1.807, 2.05) is 9.58 Å². The Hall–Kier alpha value is -1.83. The fourth-order valence-corrected chi connectivity index (χ4v) is 2.61. The minimum atomic E-state index is -0.0476. The first-order valence-electron chi connectivity index (χ1n) is 5.75. The molecule has 0 unspecified atom stereocenters. The third-order valence-electron chi connectivity index (χ3n) is 3.07. The Bertz CT molecular complexity index is 510. The molecule has 3 heterocycles. The largest absolute Gasteiger partial charge is 0.335 e. The number of likely N-dealkylation sites (tertiary alicyclic amines) is 1. The first kappa shape index (κ1) is 11.3. The first-order chi connectivity index (χ1) is 8.84. The predicted molar refractivity (Wildman–Crippen MR) is 64.1 cm³/mol. The van der Waals surface area contributed by atoms with Crippen LogP contribution in [0.3, 0.4) is 0 Å². The molecule has 18 heavy (non-hydrogen) atoms. The molecule has 0 aromatic carbocycles. The first-order valence-corrected chi connectivity index (χ1v) is 6.58. The summed E-state index contributed by atoms with van der Waals surface area (Å²) in [5, 5.41) is 9.64. The van der Waals surface area contributed by atoms with Crippen molar-refractivity contribution < 1.29 is 4.79 Å². The summed E-state index contributed by atoms with van der Waals surface area (Å²) in [6.45, 7) is 1.42. The van der Waals surface area contributed by atoms with Crippen LogP contribution in [0.1, 0.15) is 29.4 Å². The maximum Gasteiger partial charge on any atom is 0.275 e. The number of aromatic nitrogens is 5. The van der Waals surface area contributed by atoms with Crippen molar-refractivity contribution >= 4 is 17.4 Å². The Morgan fingerprint density at radius 3 is 3.17 bits per heavy atom. The second-order valence-electron chi connectivity index (χ2n) is 4.21. The third-order valence-corrected chi connectivity index (χ3v) is 3.58. The van der Waals surface area contributed by atoms with Crippen molar-refractivity contribution in [2.75, 3.05) is 13.1 Å². The maximum absolute atomic E-state index is 12.2. The van der Waals surface area contributed by atoms with Gasteiger partial charge >= 0.3 is 0 Å². The van der Waals surface area contributed by atoms with Gasteiger partial charge in [0.1, 0.15) is 12.7 Å². The van der Waals surface area contributed by atoms with Crippen molar-refractivity contribution in [2.45, 2.75) is 18.9 Å². The van der Waals surface area contributed by atoms with Crippen LogP contribution in [0.15, 0.2) is 18.0 Å². The van der Waals surface area contributed by atoms with Gasteiger partial charge in [0.2, 0.25) is 0 Å². The molecule has 1 saturated heterocycles. The van der Waals surface area contributed by atoms with E-state index in [0.717, 1.165) is 19.4 Å². The summed E-state index contributed by atoms with van der Waals surface area (Å²) in [5.74, 6) is -0.0476. The van der Waals surface area contributed by atoms with Crippen LogP contribution in [0.25, 0.3) is 0 Å². The Labute approximate surface area is 108 Å². The lowest BCUT2D eigenvalue weighted by molar-refractivity contribution is 0.0667. The molecule has 3 rings (SSSR count). The van der Waals surface area contributed by atoms with Crippen molar-refractivity contribution in [2.24, 2.45) is 0 Å². The highest BCUT2D eigenvalue weighted by Crippen LogP contribution is 2.21. The van der Waals surface area contributed by atoms with Gasteiger partial charge < -0.3 is 4.90 Å². The standard InChI is InChI=1S/C10H12N6OS/c17-10(9-5-18-14-13-9)15-3-1-2-8(4-15)16-7-11-6-12-16/h5-8H,1-4H2/t8-/m1/s1. The molecule has 94 valence electrons. The summed E-state index contributed by atoms with van der Waals surface area (Å²) >= 11 is 1.19. The molecule has 0 N–H and O–H groups in total. The van der Waals surface area contributed by atoms with Crippen LogP contribution in [-0.4, -0.2) is 48.2 Å². The zero-order valence-corrected chi connectivity index (χ0v) is 10.5. The van der Waals surface area contributed by atoms with E-state index in [1.54, 1.807) is 11.7 Å². The summed E-state index contributed by atoms with van der Waals surface area (Å²) in [4.78, 5) is 17.9. The van der Waals surface area contributed by atoms with Gasteiger partial charge in [0.05, 0.1) is 6.04 Å². The SMILES string of the molecule is O=C(c1csnn1)N1CCC[C@@H](n2cncn2)C1. The minimum absolute atomic E-state index is 0.0476.